The molecule has 1 aliphatic heterocycles. The van der Waals surface area contributed by atoms with Crippen LogP contribution < -0.4 is 15.4 Å². The Balaban J connectivity index is 0.00000364. The van der Waals surface area contributed by atoms with Gasteiger partial charge in [-0.25, -0.2) is 4.39 Å². The van der Waals surface area contributed by atoms with Gasteiger partial charge < -0.3 is 20.3 Å². The summed E-state index contributed by atoms with van der Waals surface area (Å²) in [6.45, 7) is 8.30. The number of ether oxygens (including phenoxy) is 1. The molecular formula is C20H34FIN4O. The van der Waals surface area contributed by atoms with Gasteiger partial charge in [-0.2, -0.15) is 0 Å². The highest BCUT2D eigenvalue weighted by molar-refractivity contribution is 14.0. The number of nitrogens with zero attached hydrogens (tertiary/aromatic N) is 2. The van der Waals surface area contributed by atoms with Crippen LogP contribution in [0.15, 0.2) is 29.3 Å². The molecule has 0 saturated carbocycles. The van der Waals surface area contributed by atoms with Gasteiger partial charge in [0.1, 0.15) is 6.10 Å². The van der Waals surface area contributed by atoms with Crippen molar-refractivity contribution in [3.8, 4) is 5.75 Å². The van der Waals surface area contributed by atoms with E-state index in [1.54, 1.807) is 25.2 Å². The Morgan fingerprint density at radius 2 is 2.00 bits per heavy atom. The van der Waals surface area contributed by atoms with E-state index in [-0.39, 0.29) is 35.9 Å². The number of halogens is 2. The van der Waals surface area contributed by atoms with Crippen LogP contribution in [0.25, 0.3) is 0 Å². The molecule has 0 aromatic heterocycles. The number of rotatable bonds is 8. The first-order valence-corrected chi connectivity index (χ1v) is 9.77. The first-order chi connectivity index (χ1) is 12.7. The molecule has 2 N–H and O–H groups in total. The minimum absolute atomic E-state index is 0. The van der Waals surface area contributed by atoms with Gasteiger partial charge in [-0.1, -0.05) is 26.0 Å². The highest BCUT2D eigenvalue weighted by Gasteiger charge is 2.20. The monoisotopic (exact) mass is 492 g/mol. The number of benzene rings is 1. The van der Waals surface area contributed by atoms with Gasteiger partial charge in [0.05, 0.1) is 6.54 Å². The number of nitrogens with one attached hydrogen (secondary N) is 2. The fourth-order valence-electron chi connectivity index (χ4n) is 3.20. The third kappa shape index (κ3) is 8.21. The maximum Gasteiger partial charge on any atom is 0.191 e. The molecule has 0 aliphatic carbocycles. The molecule has 1 aliphatic rings. The summed E-state index contributed by atoms with van der Waals surface area (Å²) in [7, 11) is 1.78. The molecule has 154 valence electrons. The van der Waals surface area contributed by atoms with Gasteiger partial charge in [-0.3, -0.25) is 4.99 Å². The van der Waals surface area contributed by atoms with Crippen molar-refractivity contribution in [2.75, 3.05) is 33.2 Å². The van der Waals surface area contributed by atoms with E-state index in [9.17, 15) is 4.39 Å². The Hall–Kier alpha value is -1.09. The van der Waals surface area contributed by atoms with Crippen LogP contribution in [0.3, 0.4) is 0 Å². The molecule has 1 heterocycles. The number of aliphatic imine (C=N–C) groups is 1. The number of likely N-dealkylation sites (tertiary alicyclic amines) is 1. The summed E-state index contributed by atoms with van der Waals surface area (Å²) in [6, 6.07) is 6.97. The fraction of sp³-hybridized carbons (Fsp3) is 0.650. The lowest BCUT2D eigenvalue weighted by Crippen LogP contribution is -2.50. The number of guanidine groups is 1. The third-order valence-electron chi connectivity index (χ3n) is 4.77. The van der Waals surface area contributed by atoms with E-state index >= 15 is 0 Å². The maximum atomic E-state index is 13.8. The molecule has 1 unspecified atom stereocenters. The Morgan fingerprint density at radius 1 is 1.30 bits per heavy atom. The van der Waals surface area contributed by atoms with Gasteiger partial charge in [-0.05, 0) is 44.4 Å². The van der Waals surface area contributed by atoms with Crippen molar-refractivity contribution in [1.29, 1.82) is 0 Å². The van der Waals surface area contributed by atoms with Crippen LogP contribution in [0.1, 0.15) is 39.5 Å². The van der Waals surface area contributed by atoms with E-state index in [2.05, 4.69) is 27.4 Å². The summed E-state index contributed by atoms with van der Waals surface area (Å²) < 4.78 is 19.6. The smallest absolute Gasteiger partial charge is 0.191 e. The molecule has 27 heavy (non-hydrogen) atoms. The average molecular weight is 492 g/mol. The topological polar surface area (TPSA) is 48.9 Å². The van der Waals surface area contributed by atoms with Gasteiger partial charge >= 0.3 is 0 Å². The summed E-state index contributed by atoms with van der Waals surface area (Å²) in [5.41, 5.74) is 0. The third-order valence-corrected chi connectivity index (χ3v) is 4.77. The van der Waals surface area contributed by atoms with Crippen molar-refractivity contribution in [2.24, 2.45) is 4.99 Å². The van der Waals surface area contributed by atoms with Gasteiger partial charge in [0, 0.05) is 26.2 Å². The van der Waals surface area contributed by atoms with Crippen LogP contribution >= 0.6 is 24.0 Å². The van der Waals surface area contributed by atoms with Crippen LogP contribution in [0.5, 0.6) is 5.75 Å². The SMILES string of the molecule is CCCN1CCC(NC(=NC)NCC(CC)Oc2ccccc2F)CC1.I. The van der Waals surface area contributed by atoms with Crippen LogP contribution in [-0.4, -0.2) is 56.2 Å². The van der Waals surface area contributed by atoms with Crippen molar-refractivity contribution in [1.82, 2.24) is 15.5 Å². The van der Waals surface area contributed by atoms with E-state index in [1.807, 2.05) is 6.92 Å². The lowest BCUT2D eigenvalue weighted by atomic mass is 10.1. The van der Waals surface area contributed by atoms with E-state index in [0.29, 0.717) is 18.3 Å². The molecule has 1 aromatic rings. The van der Waals surface area contributed by atoms with Gasteiger partial charge in [0.2, 0.25) is 0 Å². The number of piperidine rings is 1. The molecular weight excluding hydrogens is 458 g/mol. The first kappa shape index (κ1) is 23.9. The van der Waals surface area contributed by atoms with Crippen molar-refractivity contribution in [3.05, 3.63) is 30.1 Å². The van der Waals surface area contributed by atoms with E-state index in [4.69, 9.17) is 4.74 Å². The minimum Gasteiger partial charge on any atom is -0.486 e. The first-order valence-electron chi connectivity index (χ1n) is 9.77. The molecule has 7 heteroatoms. The molecule has 1 aromatic carbocycles. The largest absolute Gasteiger partial charge is 0.486 e. The van der Waals surface area contributed by atoms with Crippen molar-refractivity contribution < 1.29 is 9.13 Å². The molecule has 2 rings (SSSR count). The quantitative estimate of drug-likeness (QED) is 0.331. The van der Waals surface area contributed by atoms with E-state index in [0.717, 1.165) is 38.3 Å². The lowest BCUT2D eigenvalue weighted by Gasteiger charge is -2.33. The Labute approximate surface area is 180 Å². The summed E-state index contributed by atoms with van der Waals surface area (Å²) in [5.74, 6) is 0.759. The maximum absolute atomic E-state index is 13.8. The van der Waals surface area contributed by atoms with Crippen molar-refractivity contribution >= 4 is 29.9 Å². The van der Waals surface area contributed by atoms with Crippen molar-refractivity contribution in [3.63, 3.8) is 0 Å². The number of para-hydroxylation sites is 1. The summed E-state index contributed by atoms with van der Waals surface area (Å²) in [6.07, 6.45) is 4.14. The predicted octanol–water partition coefficient (Wildman–Crippen LogP) is 3.64. The van der Waals surface area contributed by atoms with Gasteiger partial charge in [0.25, 0.3) is 0 Å². The molecule has 1 atom stereocenters. The molecule has 0 bridgehead atoms. The number of hydrogen-bond acceptors (Lipinski definition) is 3. The van der Waals surface area contributed by atoms with E-state index < -0.39 is 0 Å². The second kappa shape index (κ2) is 13.1. The Kier molecular flexibility index (Phi) is 11.7. The zero-order valence-corrected chi connectivity index (χ0v) is 19.0. The van der Waals surface area contributed by atoms with Crippen LogP contribution in [0.4, 0.5) is 4.39 Å². The number of hydrogen-bond donors (Lipinski definition) is 2. The van der Waals surface area contributed by atoms with Crippen LogP contribution in [-0.2, 0) is 0 Å². The van der Waals surface area contributed by atoms with Gasteiger partial charge in [0.15, 0.2) is 17.5 Å². The van der Waals surface area contributed by atoms with Gasteiger partial charge in [-0.15, -0.1) is 24.0 Å². The lowest BCUT2D eigenvalue weighted by molar-refractivity contribution is 0.189. The van der Waals surface area contributed by atoms with E-state index in [1.165, 1.54) is 19.0 Å². The highest BCUT2D eigenvalue weighted by Crippen LogP contribution is 2.17. The molecule has 1 saturated heterocycles. The van der Waals surface area contributed by atoms with Crippen LogP contribution in [0, 0.1) is 5.82 Å². The summed E-state index contributed by atoms with van der Waals surface area (Å²) >= 11 is 0. The molecule has 0 spiro atoms. The molecule has 0 amide bonds. The summed E-state index contributed by atoms with van der Waals surface area (Å²) in [5, 5.41) is 6.83. The fourth-order valence-corrected chi connectivity index (χ4v) is 3.20. The molecule has 0 radical (unpaired) electrons. The summed E-state index contributed by atoms with van der Waals surface area (Å²) in [4.78, 5) is 6.84. The normalized spacial score (nSPS) is 17.1. The van der Waals surface area contributed by atoms with Crippen LogP contribution in [0.2, 0.25) is 0 Å². The average Bonchev–Trinajstić information content (AvgIpc) is 2.67. The Bertz CT molecular complexity index is 565. The Morgan fingerprint density at radius 3 is 2.59 bits per heavy atom. The second-order valence-electron chi connectivity index (χ2n) is 6.79. The second-order valence-corrected chi connectivity index (χ2v) is 6.79. The van der Waals surface area contributed by atoms with Crippen molar-refractivity contribution in [2.45, 2.75) is 51.7 Å². The molecule has 1 fully saturated rings. The highest BCUT2D eigenvalue weighted by atomic mass is 127. The zero-order chi connectivity index (χ0) is 18.8. The minimum atomic E-state index is -0.327. The zero-order valence-electron chi connectivity index (χ0n) is 16.7. The molecule has 5 nitrogen and oxygen atoms in total. The standard InChI is InChI=1S/C20H33FN4O.HI/c1-4-12-25-13-10-16(11-14-25)24-20(22-3)23-15-17(5-2)26-19-9-7-6-8-18(19)21;/h6-9,16-17H,4-5,10-15H2,1-3H3,(H2,22,23,24);1H. The predicted molar refractivity (Wildman–Crippen MR) is 121 cm³/mol.